The molecule has 1 amide bonds. The summed E-state index contributed by atoms with van der Waals surface area (Å²) in [7, 11) is 1.85. The zero-order valence-corrected chi connectivity index (χ0v) is 11.2. The van der Waals surface area contributed by atoms with Crippen molar-refractivity contribution in [2.24, 2.45) is 7.05 Å². The Morgan fingerprint density at radius 2 is 2.06 bits per heavy atom. The number of nitrogens with zero attached hydrogens (tertiary/aromatic N) is 2. The van der Waals surface area contributed by atoms with Gasteiger partial charge in [0.15, 0.2) is 0 Å². The molecule has 0 aromatic carbocycles. The Morgan fingerprint density at radius 3 is 2.56 bits per heavy atom. The summed E-state index contributed by atoms with van der Waals surface area (Å²) < 4.78 is 6.47. The molecule has 1 rings (SSSR count). The van der Waals surface area contributed by atoms with Crippen LogP contribution in [-0.2, 0) is 27.9 Å². The van der Waals surface area contributed by atoms with Gasteiger partial charge in [0.2, 0.25) is 5.91 Å². The predicted molar refractivity (Wildman–Crippen MR) is 65.8 cm³/mol. The van der Waals surface area contributed by atoms with Gasteiger partial charge in [-0.3, -0.25) is 14.3 Å². The van der Waals surface area contributed by atoms with Crippen LogP contribution in [0.5, 0.6) is 0 Å². The molecular formula is C12H19N3O3. The van der Waals surface area contributed by atoms with E-state index in [4.69, 9.17) is 4.74 Å². The van der Waals surface area contributed by atoms with Crippen molar-refractivity contribution in [3.05, 3.63) is 17.0 Å². The van der Waals surface area contributed by atoms with Crippen molar-refractivity contribution in [1.29, 1.82) is 0 Å². The Morgan fingerprint density at radius 1 is 1.39 bits per heavy atom. The number of carbonyl (C=O) groups excluding carboxylic acids is 2. The van der Waals surface area contributed by atoms with Crippen LogP contribution in [0.3, 0.4) is 0 Å². The number of nitrogens with one attached hydrogen (secondary N) is 1. The van der Waals surface area contributed by atoms with E-state index in [0.717, 1.165) is 17.0 Å². The van der Waals surface area contributed by atoms with Crippen molar-refractivity contribution in [3.8, 4) is 0 Å². The number of hydrogen-bond acceptors (Lipinski definition) is 4. The van der Waals surface area contributed by atoms with Gasteiger partial charge < -0.3 is 10.1 Å². The lowest BCUT2D eigenvalue weighted by Gasteiger charge is -2.05. The van der Waals surface area contributed by atoms with Gasteiger partial charge in [-0.05, 0) is 20.8 Å². The van der Waals surface area contributed by atoms with Crippen molar-refractivity contribution < 1.29 is 14.3 Å². The molecule has 0 saturated carbocycles. The van der Waals surface area contributed by atoms with Crippen molar-refractivity contribution in [1.82, 2.24) is 15.1 Å². The summed E-state index contributed by atoms with van der Waals surface area (Å²) in [5.74, 6) is -0.842. The van der Waals surface area contributed by atoms with Gasteiger partial charge in [-0.1, -0.05) is 0 Å². The molecule has 0 fully saturated rings. The molecule has 0 saturated heterocycles. The van der Waals surface area contributed by atoms with E-state index in [1.54, 1.807) is 11.6 Å². The number of aromatic nitrogens is 2. The molecule has 0 unspecified atom stereocenters. The Balaban J connectivity index is 2.50. The van der Waals surface area contributed by atoms with Gasteiger partial charge in [0.25, 0.3) is 0 Å². The van der Waals surface area contributed by atoms with E-state index in [1.807, 2.05) is 20.9 Å². The summed E-state index contributed by atoms with van der Waals surface area (Å²) in [6, 6.07) is 0. The Kier molecular flexibility index (Phi) is 4.88. The third kappa shape index (κ3) is 3.58. The number of amides is 1. The van der Waals surface area contributed by atoms with Crippen molar-refractivity contribution in [2.75, 3.05) is 6.61 Å². The van der Waals surface area contributed by atoms with Gasteiger partial charge in [-0.15, -0.1) is 0 Å². The first-order valence-corrected chi connectivity index (χ1v) is 5.87. The molecular weight excluding hydrogens is 234 g/mol. The summed E-state index contributed by atoms with van der Waals surface area (Å²) in [5, 5.41) is 6.94. The number of hydrogen-bond donors (Lipinski definition) is 1. The fourth-order valence-electron chi connectivity index (χ4n) is 1.67. The first kappa shape index (κ1) is 14.2. The molecule has 0 atom stereocenters. The lowest BCUT2D eigenvalue weighted by Crippen LogP contribution is -2.26. The van der Waals surface area contributed by atoms with E-state index in [0.29, 0.717) is 6.54 Å². The SMILES string of the molecule is CCOC(=O)CC(=O)NCc1c(C)nn(C)c1C. The minimum Gasteiger partial charge on any atom is -0.466 e. The van der Waals surface area contributed by atoms with E-state index >= 15 is 0 Å². The second kappa shape index (κ2) is 6.18. The number of rotatable bonds is 5. The number of aryl methyl sites for hydroxylation is 2. The highest BCUT2D eigenvalue weighted by Crippen LogP contribution is 2.11. The number of ether oxygens (including phenoxy) is 1. The smallest absolute Gasteiger partial charge is 0.315 e. The quantitative estimate of drug-likeness (QED) is 0.616. The maximum absolute atomic E-state index is 11.5. The van der Waals surface area contributed by atoms with Gasteiger partial charge in [-0.25, -0.2) is 0 Å². The van der Waals surface area contributed by atoms with Crippen LogP contribution < -0.4 is 5.32 Å². The minimum atomic E-state index is -0.505. The highest BCUT2D eigenvalue weighted by atomic mass is 16.5. The standard InChI is InChI=1S/C12H19N3O3/c1-5-18-12(17)6-11(16)13-7-10-8(2)14-15(4)9(10)3/h5-7H2,1-4H3,(H,13,16). The predicted octanol–water partition coefficient (Wildman–Crippen LogP) is 0.606. The maximum Gasteiger partial charge on any atom is 0.315 e. The summed E-state index contributed by atoms with van der Waals surface area (Å²) in [4.78, 5) is 22.6. The van der Waals surface area contributed by atoms with Crippen LogP contribution in [-0.4, -0.2) is 28.3 Å². The van der Waals surface area contributed by atoms with Gasteiger partial charge in [-0.2, -0.15) is 5.10 Å². The molecule has 18 heavy (non-hydrogen) atoms. The average molecular weight is 253 g/mol. The summed E-state index contributed by atoms with van der Waals surface area (Å²) in [6.45, 7) is 6.20. The zero-order chi connectivity index (χ0) is 13.7. The minimum absolute atomic E-state index is 0.244. The van der Waals surface area contributed by atoms with Crippen LogP contribution >= 0.6 is 0 Å². The topological polar surface area (TPSA) is 73.2 Å². The van der Waals surface area contributed by atoms with Crippen LogP contribution in [0.25, 0.3) is 0 Å². The largest absolute Gasteiger partial charge is 0.466 e. The third-order valence-electron chi connectivity index (χ3n) is 2.73. The molecule has 1 N–H and O–H groups in total. The maximum atomic E-state index is 11.5. The number of carbonyl (C=O) groups is 2. The van der Waals surface area contributed by atoms with Gasteiger partial charge in [0, 0.05) is 24.8 Å². The van der Waals surface area contributed by atoms with E-state index in [2.05, 4.69) is 10.4 Å². The van der Waals surface area contributed by atoms with Crippen LogP contribution in [0.4, 0.5) is 0 Å². The van der Waals surface area contributed by atoms with Gasteiger partial charge in [0.05, 0.1) is 12.3 Å². The Hall–Kier alpha value is -1.85. The molecule has 0 spiro atoms. The molecule has 1 heterocycles. The fourth-order valence-corrected chi connectivity index (χ4v) is 1.67. The first-order chi connectivity index (χ1) is 8.45. The lowest BCUT2D eigenvalue weighted by molar-refractivity contribution is -0.146. The Labute approximate surface area is 106 Å². The van der Waals surface area contributed by atoms with Crippen LogP contribution in [0.15, 0.2) is 0 Å². The highest BCUT2D eigenvalue weighted by Gasteiger charge is 2.13. The molecule has 1 aromatic rings. The summed E-state index contributed by atoms with van der Waals surface area (Å²) in [6.07, 6.45) is -0.244. The highest BCUT2D eigenvalue weighted by molar-refractivity contribution is 5.94. The number of esters is 1. The summed E-state index contributed by atoms with van der Waals surface area (Å²) >= 11 is 0. The molecule has 0 aliphatic heterocycles. The third-order valence-corrected chi connectivity index (χ3v) is 2.73. The lowest BCUT2D eigenvalue weighted by atomic mass is 10.2. The van der Waals surface area contributed by atoms with E-state index in [1.165, 1.54) is 0 Å². The molecule has 1 aromatic heterocycles. The molecule has 100 valence electrons. The molecule has 0 aliphatic rings. The van der Waals surface area contributed by atoms with Gasteiger partial charge >= 0.3 is 5.97 Å². The van der Waals surface area contributed by atoms with Crippen LogP contribution in [0.1, 0.15) is 30.3 Å². The van der Waals surface area contributed by atoms with E-state index < -0.39 is 5.97 Å². The zero-order valence-electron chi connectivity index (χ0n) is 11.2. The second-order valence-corrected chi connectivity index (χ2v) is 4.03. The van der Waals surface area contributed by atoms with Gasteiger partial charge in [0.1, 0.15) is 6.42 Å². The van der Waals surface area contributed by atoms with E-state index in [-0.39, 0.29) is 18.9 Å². The normalized spacial score (nSPS) is 10.2. The van der Waals surface area contributed by atoms with Crippen LogP contribution in [0, 0.1) is 13.8 Å². The molecule has 6 heteroatoms. The molecule has 0 bridgehead atoms. The molecule has 0 radical (unpaired) electrons. The van der Waals surface area contributed by atoms with Crippen molar-refractivity contribution in [3.63, 3.8) is 0 Å². The van der Waals surface area contributed by atoms with E-state index in [9.17, 15) is 9.59 Å². The van der Waals surface area contributed by atoms with Crippen molar-refractivity contribution in [2.45, 2.75) is 33.7 Å². The second-order valence-electron chi connectivity index (χ2n) is 4.03. The Bertz CT molecular complexity index is 452. The first-order valence-electron chi connectivity index (χ1n) is 5.87. The summed E-state index contributed by atoms with van der Waals surface area (Å²) in [5.41, 5.74) is 2.87. The average Bonchev–Trinajstić information content (AvgIpc) is 2.51. The fraction of sp³-hybridized carbons (Fsp3) is 0.583. The molecule has 6 nitrogen and oxygen atoms in total. The monoisotopic (exact) mass is 253 g/mol. The molecule has 0 aliphatic carbocycles. The van der Waals surface area contributed by atoms with Crippen LogP contribution in [0.2, 0.25) is 0 Å². The van der Waals surface area contributed by atoms with Crippen molar-refractivity contribution >= 4 is 11.9 Å².